The average molecular weight is 258 g/mol. The normalized spacial score (nSPS) is 25.1. The van der Waals surface area contributed by atoms with E-state index in [1.807, 2.05) is 13.8 Å². The van der Waals surface area contributed by atoms with Crippen molar-refractivity contribution in [3.8, 4) is 0 Å². The van der Waals surface area contributed by atoms with Gasteiger partial charge in [-0.3, -0.25) is 10.1 Å². The SMILES string of the molecule is C[C@@H]1OC(c2c(Cl)cccc2[N+](=O)[O-])O[C@H]1C. The van der Waals surface area contributed by atoms with Crippen molar-refractivity contribution >= 4 is 17.3 Å². The molecule has 92 valence electrons. The first-order valence-electron chi connectivity index (χ1n) is 5.24. The molecule has 1 heterocycles. The molecule has 0 aliphatic carbocycles. The van der Waals surface area contributed by atoms with Crippen molar-refractivity contribution in [3.63, 3.8) is 0 Å². The zero-order chi connectivity index (χ0) is 12.6. The van der Waals surface area contributed by atoms with Gasteiger partial charge in [0.2, 0.25) is 0 Å². The second-order valence-electron chi connectivity index (χ2n) is 3.94. The Labute approximate surface area is 103 Å². The number of hydrogen-bond donors (Lipinski definition) is 0. The minimum atomic E-state index is -0.769. The Balaban J connectivity index is 2.41. The smallest absolute Gasteiger partial charge is 0.279 e. The number of halogens is 1. The van der Waals surface area contributed by atoms with Gasteiger partial charge in [-0.25, -0.2) is 0 Å². The van der Waals surface area contributed by atoms with Crippen LogP contribution in [-0.4, -0.2) is 17.1 Å². The quantitative estimate of drug-likeness (QED) is 0.603. The molecule has 1 aromatic carbocycles. The molecule has 0 amide bonds. The van der Waals surface area contributed by atoms with Crippen LogP contribution >= 0.6 is 11.6 Å². The molecular formula is C11H12ClNO4. The average Bonchev–Trinajstić information content (AvgIpc) is 2.58. The number of nitro benzene ring substituents is 1. The minimum absolute atomic E-state index is 0.0798. The van der Waals surface area contributed by atoms with Crippen molar-refractivity contribution in [2.45, 2.75) is 32.3 Å². The third-order valence-electron chi connectivity index (χ3n) is 2.80. The van der Waals surface area contributed by atoms with Gasteiger partial charge in [0, 0.05) is 6.07 Å². The molecule has 2 rings (SSSR count). The van der Waals surface area contributed by atoms with Crippen LogP contribution in [-0.2, 0) is 9.47 Å². The second kappa shape index (κ2) is 4.60. The molecule has 0 spiro atoms. The van der Waals surface area contributed by atoms with Gasteiger partial charge in [-0.15, -0.1) is 0 Å². The van der Waals surface area contributed by atoms with Gasteiger partial charge < -0.3 is 9.47 Å². The summed E-state index contributed by atoms with van der Waals surface area (Å²) in [5.41, 5.74) is 0.208. The summed E-state index contributed by atoms with van der Waals surface area (Å²) in [4.78, 5) is 10.4. The zero-order valence-electron chi connectivity index (χ0n) is 9.42. The van der Waals surface area contributed by atoms with Crippen molar-refractivity contribution in [2.75, 3.05) is 0 Å². The lowest BCUT2D eigenvalue weighted by molar-refractivity contribution is -0.386. The van der Waals surface area contributed by atoms with Crippen LogP contribution in [0.25, 0.3) is 0 Å². The number of benzene rings is 1. The molecule has 2 atom stereocenters. The van der Waals surface area contributed by atoms with Crippen molar-refractivity contribution in [3.05, 3.63) is 38.9 Å². The fourth-order valence-electron chi connectivity index (χ4n) is 1.70. The summed E-state index contributed by atoms with van der Waals surface area (Å²) in [7, 11) is 0. The van der Waals surface area contributed by atoms with Gasteiger partial charge >= 0.3 is 0 Å². The molecule has 5 nitrogen and oxygen atoms in total. The number of nitrogens with zero attached hydrogens (tertiary/aromatic N) is 1. The van der Waals surface area contributed by atoms with Crippen molar-refractivity contribution < 1.29 is 14.4 Å². The van der Waals surface area contributed by atoms with E-state index < -0.39 is 11.2 Å². The van der Waals surface area contributed by atoms with E-state index in [0.29, 0.717) is 0 Å². The highest BCUT2D eigenvalue weighted by atomic mass is 35.5. The molecule has 0 aromatic heterocycles. The maximum atomic E-state index is 10.9. The lowest BCUT2D eigenvalue weighted by atomic mass is 10.1. The highest BCUT2D eigenvalue weighted by Crippen LogP contribution is 2.39. The zero-order valence-corrected chi connectivity index (χ0v) is 10.2. The summed E-state index contributed by atoms with van der Waals surface area (Å²) in [5.74, 6) is 0. The molecule has 1 aromatic rings. The Kier molecular flexibility index (Phi) is 3.33. The van der Waals surface area contributed by atoms with Gasteiger partial charge in [0.1, 0.15) is 5.56 Å². The standard InChI is InChI=1S/C11H12ClNO4/c1-6-7(2)17-11(16-6)10-8(12)4-3-5-9(10)13(14)15/h3-7,11H,1-2H3/t6-,7-/m0/s1. The molecule has 6 heteroatoms. The van der Waals surface area contributed by atoms with Crippen molar-refractivity contribution in [1.29, 1.82) is 0 Å². The van der Waals surface area contributed by atoms with Gasteiger partial charge in [0.15, 0.2) is 6.29 Å². The third-order valence-corrected chi connectivity index (χ3v) is 3.13. The summed E-state index contributed by atoms with van der Waals surface area (Å²) in [5, 5.41) is 11.2. The summed E-state index contributed by atoms with van der Waals surface area (Å²) in [6.07, 6.45) is -0.999. The first kappa shape index (κ1) is 12.3. The predicted molar refractivity (Wildman–Crippen MR) is 61.9 cm³/mol. The Bertz CT molecular complexity index is 441. The van der Waals surface area contributed by atoms with Gasteiger partial charge in [0.25, 0.3) is 5.69 Å². The number of rotatable bonds is 2. The molecule has 1 aliphatic heterocycles. The van der Waals surface area contributed by atoms with E-state index in [-0.39, 0.29) is 28.5 Å². The summed E-state index contributed by atoms with van der Waals surface area (Å²) in [6.45, 7) is 3.71. The largest absolute Gasteiger partial charge is 0.342 e. The van der Waals surface area contributed by atoms with Gasteiger partial charge in [0.05, 0.1) is 22.2 Å². The van der Waals surface area contributed by atoms with Gasteiger partial charge in [-0.2, -0.15) is 0 Å². The first-order chi connectivity index (χ1) is 8.00. The van der Waals surface area contributed by atoms with E-state index >= 15 is 0 Å². The van der Waals surface area contributed by atoms with Crippen LogP contribution in [0.15, 0.2) is 18.2 Å². The van der Waals surface area contributed by atoms with E-state index in [1.54, 1.807) is 6.07 Å². The Morgan fingerprint density at radius 2 is 1.88 bits per heavy atom. The fraction of sp³-hybridized carbons (Fsp3) is 0.455. The topological polar surface area (TPSA) is 61.6 Å². The van der Waals surface area contributed by atoms with Crippen LogP contribution in [0, 0.1) is 10.1 Å². The molecule has 0 unspecified atom stereocenters. The molecule has 0 radical (unpaired) electrons. The van der Waals surface area contributed by atoms with E-state index in [1.165, 1.54) is 12.1 Å². The number of ether oxygens (including phenoxy) is 2. The van der Waals surface area contributed by atoms with E-state index in [9.17, 15) is 10.1 Å². The molecule has 1 saturated heterocycles. The maximum Gasteiger partial charge on any atom is 0.279 e. The fourth-order valence-corrected chi connectivity index (χ4v) is 1.96. The van der Waals surface area contributed by atoms with Gasteiger partial charge in [-0.1, -0.05) is 17.7 Å². The second-order valence-corrected chi connectivity index (χ2v) is 4.35. The van der Waals surface area contributed by atoms with E-state index in [0.717, 1.165) is 0 Å². The summed E-state index contributed by atoms with van der Waals surface area (Å²) < 4.78 is 11.0. The van der Waals surface area contributed by atoms with Crippen molar-refractivity contribution in [1.82, 2.24) is 0 Å². The predicted octanol–water partition coefficient (Wildman–Crippen LogP) is 3.07. The monoisotopic (exact) mass is 257 g/mol. The van der Waals surface area contributed by atoms with Crippen LogP contribution < -0.4 is 0 Å². The lowest BCUT2D eigenvalue weighted by Crippen LogP contribution is -2.13. The number of hydrogen-bond acceptors (Lipinski definition) is 4. The molecule has 1 fully saturated rings. The summed E-state index contributed by atoms with van der Waals surface area (Å²) in [6, 6.07) is 4.51. The molecule has 1 aliphatic rings. The molecule has 0 N–H and O–H groups in total. The Morgan fingerprint density at radius 1 is 1.29 bits per heavy atom. The minimum Gasteiger partial charge on any atom is -0.342 e. The molecule has 17 heavy (non-hydrogen) atoms. The lowest BCUT2D eigenvalue weighted by Gasteiger charge is -2.12. The van der Waals surface area contributed by atoms with Crippen molar-refractivity contribution in [2.24, 2.45) is 0 Å². The van der Waals surface area contributed by atoms with E-state index in [2.05, 4.69) is 0 Å². The Morgan fingerprint density at radius 3 is 2.41 bits per heavy atom. The van der Waals surface area contributed by atoms with Gasteiger partial charge in [-0.05, 0) is 19.9 Å². The van der Waals surface area contributed by atoms with Crippen LogP contribution in [0.3, 0.4) is 0 Å². The van der Waals surface area contributed by atoms with Crippen LogP contribution in [0.4, 0.5) is 5.69 Å². The Hall–Kier alpha value is -1.17. The highest BCUT2D eigenvalue weighted by Gasteiger charge is 2.36. The molecule has 0 saturated carbocycles. The molecular weight excluding hydrogens is 246 g/mol. The third kappa shape index (κ3) is 2.26. The first-order valence-corrected chi connectivity index (χ1v) is 5.62. The highest BCUT2D eigenvalue weighted by molar-refractivity contribution is 6.31. The van der Waals surface area contributed by atoms with Crippen LogP contribution in [0.1, 0.15) is 25.7 Å². The number of nitro groups is 1. The van der Waals surface area contributed by atoms with E-state index in [4.69, 9.17) is 21.1 Å². The maximum absolute atomic E-state index is 10.9. The molecule has 0 bridgehead atoms. The summed E-state index contributed by atoms with van der Waals surface area (Å²) >= 11 is 5.98. The van der Waals surface area contributed by atoms with Crippen LogP contribution in [0.2, 0.25) is 5.02 Å². The van der Waals surface area contributed by atoms with Crippen LogP contribution in [0.5, 0.6) is 0 Å².